The minimum Gasteiger partial charge on any atom is -0.493 e. The lowest BCUT2D eigenvalue weighted by atomic mass is 10.0. The van der Waals surface area contributed by atoms with E-state index in [1.165, 1.54) is 23.8 Å². The van der Waals surface area contributed by atoms with Crippen molar-refractivity contribution in [3.05, 3.63) is 69.5 Å². The van der Waals surface area contributed by atoms with Crippen LogP contribution in [0.5, 0.6) is 5.75 Å². The molecule has 1 unspecified atom stereocenters. The maximum Gasteiger partial charge on any atom is 0.244 e. The molecule has 0 saturated heterocycles. The molecule has 3 nitrogen and oxygen atoms in total. The van der Waals surface area contributed by atoms with Gasteiger partial charge < -0.3 is 10.1 Å². The summed E-state index contributed by atoms with van der Waals surface area (Å²) in [5, 5.41) is 2.89. The molecule has 3 rings (SSSR count). The zero-order valence-corrected chi connectivity index (χ0v) is 14.8. The van der Waals surface area contributed by atoms with Crippen LogP contribution in [0.25, 0.3) is 6.08 Å². The monoisotopic (exact) mass is 389 g/mol. The van der Waals surface area contributed by atoms with Crippen LogP contribution in [0, 0.1) is 5.82 Å². The summed E-state index contributed by atoms with van der Waals surface area (Å²) in [6, 6.07) is 10.5. The number of halogens is 2. The van der Waals surface area contributed by atoms with Gasteiger partial charge in [0.15, 0.2) is 0 Å². The number of carbonyl (C=O) groups excluding carboxylic acids is 1. The Labute approximate surface area is 148 Å². The van der Waals surface area contributed by atoms with Gasteiger partial charge in [-0.1, -0.05) is 28.1 Å². The van der Waals surface area contributed by atoms with Crippen LogP contribution in [-0.4, -0.2) is 12.5 Å². The number of hydrogen-bond acceptors (Lipinski definition) is 2. The summed E-state index contributed by atoms with van der Waals surface area (Å²) in [7, 11) is 0. The van der Waals surface area contributed by atoms with E-state index in [-0.39, 0.29) is 17.8 Å². The van der Waals surface area contributed by atoms with Crippen LogP contribution < -0.4 is 10.1 Å². The van der Waals surface area contributed by atoms with Gasteiger partial charge in [0.25, 0.3) is 0 Å². The highest BCUT2D eigenvalue weighted by molar-refractivity contribution is 9.10. The second-order valence-electron chi connectivity index (χ2n) is 5.70. The first kappa shape index (κ1) is 16.7. The van der Waals surface area contributed by atoms with E-state index in [4.69, 9.17) is 4.74 Å². The molecule has 0 fully saturated rings. The fourth-order valence-corrected chi connectivity index (χ4v) is 2.96. The van der Waals surface area contributed by atoms with Crippen molar-refractivity contribution in [3.63, 3.8) is 0 Å². The molecule has 2 aromatic rings. The van der Waals surface area contributed by atoms with Gasteiger partial charge in [-0.3, -0.25) is 4.79 Å². The zero-order chi connectivity index (χ0) is 17.1. The first-order valence-corrected chi connectivity index (χ1v) is 8.51. The summed E-state index contributed by atoms with van der Waals surface area (Å²) in [5.74, 6) is 0.282. The molecule has 1 atom stereocenters. The average Bonchev–Trinajstić information content (AvgIpc) is 3.01. The number of benzene rings is 2. The molecular weight excluding hydrogens is 373 g/mol. The molecule has 0 saturated carbocycles. The van der Waals surface area contributed by atoms with E-state index < -0.39 is 0 Å². The zero-order valence-electron chi connectivity index (χ0n) is 13.2. The van der Waals surface area contributed by atoms with Gasteiger partial charge in [0, 0.05) is 22.5 Å². The first-order chi connectivity index (χ1) is 11.5. The predicted octanol–water partition coefficient (Wildman–Crippen LogP) is 4.41. The van der Waals surface area contributed by atoms with Crippen molar-refractivity contribution in [1.29, 1.82) is 0 Å². The normalized spacial score (nSPS) is 14.3. The lowest BCUT2D eigenvalue weighted by molar-refractivity contribution is -0.117. The fourth-order valence-electron chi connectivity index (χ4n) is 2.62. The maximum absolute atomic E-state index is 13.7. The summed E-state index contributed by atoms with van der Waals surface area (Å²) in [6.45, 7) is 2.63. The summed E-state index contributed by atoms with van der Waals surface area (Å²) in [6.07, 6.45) is 3.71. The molecule has 1 heterocycles. The molecule has 0 bridgehead atoms. The van der Waals surface area contributed by atoms with Crippen LogP contribution in [-0.2, 0) is 11.2 Å². The van der Waals surface area contributed by atoms with Crippen molar-refractivity contribution in [3.8, 4) is 5.75 Å². The molecule has 24 heavy (non-hydrogen) atoms. The van der Waals surface area contributed by atoms with Crippen LogP contribution in [0.15, 0.2) is 46.9 Å². The van der Waals surface area contributed by atoms with Gasteiger partial charge in [-0.2, -0.15) is 0 Å². The van der Waals surface area contributed by atoms with Crippen LogP contribution in [0.4, 0.5) is 4.39 Å². The highest BCUT2D eigenvalue weighted by atomic mass is 79.9. The number of nitrogens with one attached hydrogen (secondary N) is 1. The Morgan fingerprint density at radius 3 is 2.96 bits per heavy atom. The van der Waals surface area contributed by atoms with E-state index in [2.05, 4.69) is 27.3 Å². The van der Waals surface area contributed by atoms with E-state index in [0.29, 0.717) is 16.6 Å². The van der Waals surface area contributed by atoms with Gasteiger partial charge in [0.1, 0.15) is 11.6 Å². The van der Waals surface area contributed by atoms with E-state index in [0.717, 1.165) is 17.7 Å². The largest absolute Gasteiger partial charge is 0.493 e. The van der Waals surface area contributed by atoms with Crippen molar-refractivity contribution >= 4 is 27.9 Å². The Bertz CT molecular complexity index is 804. The average molecular weight is 390 g/mol. The van der Waals surface area contributed by atoms with Crippen LogP contribution in [0.3, 0.4) is 0 Å². The van der Waals surface area contributed by atoms with Gasteiger partial charge in [-0.15, -0.1) is 0 Å². The summed E-state index contributed by atoms with van der Waals surface area (Å²) in [4.78, 5) is 12.1. The van der Waals surface area contributed by atoms with E-state index >= 15 is 0 Å². The lowest BCUT2D eigenvalue weighted by Crippen LogP contribution is -2.24. The SMILES string of the molecule is CC(NC(=O)C=Cc1ccc(Br)cc1F)c1ccc2c(c1)CCO2. The van der Waals surface area contributed by atoms with Crippen molar-refractivity contribution in [2.45, 2.75) is 19.4 Å². The third-order valence-corrected chi connectivity index (χ3v) is 4.44. The van der Waals surface area contributed by atoms with E-state index in [1.54, 1.807) is 12.1 Å². The Balaban J connectivity index is 1.64. The topological polar surface area (TPSA) is 38.3 Å². The van der Waals surface area contributed by atoms with Crippen LogP contribution >= 0.6 is 15.9 Å². The predicted molar refractivity (Wildman–Crippen MR) is 95.3 cm³/mol. The number of hydrogen-bond donors (Lipinski definition) is 1. The van der Waals surface area contributed by atoms with Crippen molar-refractivity contribution in [1.82, 2.24) is 5.32 Å². The Morgan fingerprint density at radius 2 is 2.17 bits per heavy atom. The minimum atomic E-state index is -0.375. The molecule has 1 aliphatic rings. The van der Waals surface area contributed by atoms with Crippen molar-refractivity contribution < 1.29 is 13.9 Å². The minimum absolute atomic E-state index is 0.136. The third kappa shape index (κ3) is 3.85. The number of amides is 1. The molecule has 0 spiro atoms. The number of ether oxygens (including phenoxy) is 1. The van der Waals surface area contributed by atoms with Crippen LogP contribution in [0.2, 0.25) is 0 Å². The summed E-state index contributed by atoms with van der Waals surface area (Å²) in [5.41, 5.74) is 2.56. The highest BCUT2D eigenvalue weighted by Crippen LogP contribution is 2.28. The van der Waals surface area contributed by atoms with Crippen LogP contribution in [0.1, 0.15) is 29.7 Å². The molecule has 124 valence electrons. The van der Waals surface area contributed by atoms with E-state index in [1.807, 2.05) is 19.1 Å². The Morgan fingerprint density at radius 1 is 1.33 bits per heavy atom. The molecule has 0 aliphatic carbocycles. The third-order valence-electron chi connectivity index (χ3n) is 3.95. The van der Waals surface area contributed by atoms with Gasteiger partial charge >= 0.3 is 0 Å². The second-order valence-corrected chi connectivity index (χ2v) is 6.61. The Hall–Kier alpha value is -2.14. The lowest BCUT2D eigenvalue weighted by Gasteiger charge is -2.14. The number of carbonyl (C=O) groups is 1. The van der Waals surface area contributed by atoms with Crippen molar-refractivity contribution in [2.75, 3.05) is 6.61 Å². The molecule has 1 amide bonds. The highest BCUT2D eigenvalue weighted by Gasteiger charge is 2.15. The van der Waals surface area contributed by atoms with Gasteiger partial charge in [-0.25, -0.2) is 4.39 Å². The number of rotatable bonds is 4. The maximum atomic E-state index is 13.7. The molecular formula is C19H17BrFNO2. The molecule has 5 heteroatoms. The standard InChI is InChI=1S/C19H17BrFNO2/c1-12(14-3-6-18-15(10-14)8-9-24-18)22-19(23)7-4-13-2-5-16(20)11-17(13)21/h2-7,10-12H,8-9H2,1H3,(H,22,23). The smallest absolute Gasteiger partial charge is 0.244 e. The summed E-state index contributed by atoms with van der Waals surface area (Å²) >= 11 is 3.20. The van der Waals surface area contributed by atoms with Crippen molar-refractivity contribution in [2.24, 2.45) is 0 Å². The second kappa shape index (κ2) is 7.18. The van der Waals surface area contributed by atoms with Gasteiger partial charge in [-0.05, 0) is 48.4 Å². The fraction of sp³-hybridized carbons (Fsp3) is 0.211. The first-order valence-electron chi connectivity index (χ1n) is 7.72. The number of fused-ring (bicyclic) bond motifs is 1. The summed E-state index contributed by atoms with van der Waals surface area (Å²) < 4.78 is 19.9. The van der Waals surface area contributed by atoms with E-state index in [9.17, 15) is 9.18 Å². The molecule has 2 aromatic carbocycles. The van der Waals surface area contributed by atoms with Gasteiger partial charge in [0.2, 0.25) is 5.91 Å². The quantitative estimate of drug-likeness (QED) is 0.786. The molecule has 0 aromatic heterocycles. The molecule has 1 N–H and O–H groups in total. The molecule has 1 aliphatic heterocycles. The Kier molecular flexibility index (Phi) is 5.00. The van der Waals surface area contributed by atoms with Gasteiger partial charge in [0.05, 0.1) is 12.6 Å². The molecule has 0 radical (unpaired) electrons.